The van der Waals surface area contributed by atoms with E-state index in [9.17, 15) is 25.6 Å². The van der Waals surface area contributed by atoms with Crippen molar-refractivity contribution in [2.45, 2.75) is 55.2 Å². The van der Waals surface area contributed by atoms with E-state index in [1.54, 1.807) is 12.3 Å². The molecule has 3 aliphatic heterocycles. The number of sulfone groups is 1. The Morgan fingerprint density at radius 3 is 2.22 bits per heavy atom. The van der Waals surface area contributed by atoms with Crippen LogP contribution in [0.2, 0.25) is 0 Å². The number of hydrogen-bond acceptors (Lipinski definition) is 11. The van der Waals surface area contributed by atoms with Crippen LogP contribution in [0.1, 0.15) is 31.2 Å². The smallest absolute Gasteiger partial charge is 0.267 e. The van der Waals surface area contributed by atoms with Gasteiger partial charge in [-0.05, 0) is 61.6 Å². The van der Waals surface area contributed by atoms with Crippen LogP contribution < -0.4 is 14.9 Å². The van der Waals surface area contributed by atoms with Gasteiger partial charge in [0, 0.05) is 49.5 Å². The van der Waals surface area contributed by atoms with Gasteiger partial charge in [-0.1, -0.05) is 53.8 Å². The first-order chi connectivity index (χ1) is 25.9. The molecule has 3 fully saturated rings. The molecule has 2 bridgehead atoms. The van der Waals surface area contributed by atoms with Gasteiger partial charge in [0.25, 0.3) is 10.0 Å². The van der Waals surface area contributed by atoms with E-state index in [0.29, 0.717) is 28.5 Å². The average Bonchev–Trinajstić information content (AvgIpc) is 3.68. The maximum absolute atomic E-state index is 16.6. The summed E-state index contributed by atoms with van der Waals surface area (Å²) in [4.78, 5) is 18.2. The zero-order valence-electron chi connectivity index (χ0n) is 28.8. The summed E-state index contributed by atoms with van der Waals surface area (Å²) in [5.74, 6) is -3.20. The number of hydrogen-bond donors (Lipinski definition) is 2. The second kappa shape index (κ2) is 14.6. The zero-order chi connectivity index (χ0) is 37.6. The normalized spacial score (nSPS) is 20.2. The summed E-state index contributed by atoms with van der Waals surface area (Å²) < 4.78 is 98.0. The predicted molar refractivity (Wildman–Crippen MR) is 202 cm³/mol. The molecule has 2 N–H and O–H groups in total. The van der Waals surface area contributed by atoms with Crippen molar-refractivity contribution in [2.75, 3.05) is 39.5 Å². The molecule has 17 heteroatoms. The minimum atomic E-state index is -4.87. The molecule has 282 valence electrons. The number of halogens is 3. The first-order valence-corrected chi connectivity index (χ1v) is 21.7. The van der Waals surface area contributed by atoms with Crippen LogP contribution in [0.25, 0.3) is 21.8 Å². The Hall–Kier alpha value is -4.58. The number of aromatic nitrogens is 3. The van der Waals surface area contributed by atoms with Crippen LogP contribution in [0.4, 0.5) is 29.9 Å². The van der Waals surface area contributed by atoms with Crippen molar-refractivity contribution in [1.82, 2.24) is 19.9 Å². The molecule has 5 aromatic rings. The second-order valence-corrected chi connectivity index (χ2v) is 18.7. The number of fused-ring (bicyclic) bond motifs is 2. The number of nitrogens with one attached hydrogen (secondary N) is 2. The lowest BCUT2D eigenvalue weighted by molar-refractivity contribution is 0.212. The molecule has 2 atom stereocenters. The van der Waals surface area contributed by atoms with Crippen LogP contribution in [-0.4, -0.2) is 79.4 Å². The number of thiazole rings is 1. The average molecular weight is 796 g/mol. The fraction of sp³-hybridized carbons (Fsp3) is 0.324. The second-order valence-electron chi connectivity index (χ2n) is 13.8. The van der Waals surface area contributed by atoms with Gasteiger partial charge in [0.05, 0.1) is 33.5 Å². The number of nitrogens with zero attached hydrogens (tertiary/aromatic N) is 5. The van der Waals surface area contributed by atoms with E-state index in [2.05, 4.69) is 32.2 Å². The maximum Gasteiger partial charge on any atom is 0.267 e. The molecule has 3 aromatic carbocycles. The summed E-state index contributed by atoms with van der Waals surface area (Å²) >= 11 is 1.34. The Kier molecular flexibility index (Phi) is 9.83. The van der Waals surface area contributed by atoms with Crippen molar-refractivity contribution in [3.05, 3.63) is 102 Å². The third kappa shape index (κ3) is 7.41. The van der Waals surface area contributed by atoms with Crippen LogP contribution in [0.5, 0.6) is 0 Å². The molecule has 0 radical (unpaired) electrons. The monoisotopic (exact) mass is 795 g/mol. The van der Waals surface area contributed by atoms with Gasteiger partial charge < -0.3 is 10.2 Å². The summed E-state index contributed by atoms with van der Waals surface area (Å²) in [6.45, 7) is 2.45. The highest BCUT2D eigenvalue weighted by molar-refractivity contribution is 7.92. The van der Waals surface area contributed by atoms with Gasteiger partial charge in [-0.25, -0.2) is 45.0 Å². The van der Waals surface area contributed by atoms with Crippen molar-refractivity contribution < 1.29 is 30.0 Å². The van der Waals surface area contributed by atoms with Gasteiger partial charge >= 0.3 is 0 Å². The van der Waals surface area contributed by atoms with E-state index in [1.807, 2.05) is 22.9 Å². The molecule has 0 spiro atoms. The largest absolute Gasteiger partial charge is 0.351 e. The quantitative estimate of drug-likeness (QED) is 0.165. The lowest BCUT2D eigenvalue weighted by Gasteiger charge is -2.41. The van der Waals surface area contributed by atoms with E-state index in [1.165, 1.54) is 35.1 Å². The van der Waals surface area contributed by atoms with Crippen LogP contribution in [0, 0.1) is 17.5 Å². The minimum absolute atomic E-state index is 0.0395. The maximum atomic E-state index is 16.6. The molecule has 8 rings (SSSR count). The lowest BCUT2D eigenvalue weighted by atomic mass is 10.1. The van der Waals surface area contributed by atoms with Gasteiger partial charge in [-0.3, -0.25) is 9.62 Å². The van der Waals surface area contributed by atoms with Crippen LogP contribution in [0.15, 0.2) is 83.9 Å². The minimum Gasteiger partial charge on any atom is -0.351 e. The third-order valence-electron chi connectivity index (χ3n) is 10.1. The highest BCUT2D eigenvalue weighted by atomic mass is 32.2. The topological polar surface area (TPSA) is 137 Å². The first-order valence-electron chi connectivity index (χ1n) is 17.6. The Balaban J connectivity index is 1.15. The van der Waals surface area contributed by atoms with Crippen molar-refractivity contribution in [1.29, 1.82) is 0 Å². The van der Waals surface area contributed by atoms with E-state index in [4.69, 9.17) is 9.97 Å². The summed E-state index contributed by atoms with van der Waals surface area (Å²) in [6, 6.07) is 18.9. The molecule has 0 aliphatic carbocycles. The summed E-state index contributed by atoms with van der Waals surface area (Å²) in [5.41, 5.74) is 1.33. The van der Waals surface area contributed by atoms with Crippen molar-refractivity contribution in [3.8, 4) is 21.8 Å². The summed E-state index contributed by atoms with van der Waals surface area (Å²) in [5, 5.41) is 3.91. The van der Waals surface area contributed by atoms with Crippen LogP contribution in [0.3, 0.4) is 0 Å². The SMILES string of the molecule is O=S1(=O)CCC(Nc2nccc(-c3sc(N4C5CCC4CN(Cc4ccccc4)C5)nc3-c3cccc(NS(=O)(=O)c4c(F)cccc4F)c3F)n2)CC1. The number of piperazine rings is 1. The molecular weight excluding hydrogens is 760 g/mol. The molecule has 2 aromatic heterocycles. The molecule has 54 heavy (non-hydrogen) atoms. The van der Waals surface area contributed by atoms with E-state index >= 15 is 4.39 Å². The van der Waals surface area contributed by atoms with E-state index < -0.39 is 47.9 Å². The molecule has 11 nitrogen and oxygen atoms in total. The molecule has 3 aliphatic rings. The number of anilines is 3. The van der Waals surface area contributed by atoms with Gasteiger partial charge in [0.1, 0.15) is 21.5 Å². The predicted octanol–water partition coefficient (Wildman–Crippen LogP) is 6.33. The number of likely N-dealkylation sites (tertiary alicyclic amines) is 1. The molecular formula is C37H36F3N7O4S3. The number of sulfonamides is 1. The Morgan fingerprint density at radius 2 is 1.52 bits per heavy atom. The Bertz CT molecular complexity index is 2370. The molecule has 5 heterocycles. The van der Waals surface area contributed by atoms with Crippen molar-refractivity contribution >= 4 is 48.0 Å². The third-order valence-corrected chi connectivity index (χ3v) is 14.3. The van der Waals surface area contributed by atoms with Gasteiger partial charge in [-0.15, -0.1) is 0 Å². The highest BCUT2D eigenvalue weighted by Gasteiger charge is 2.42. The Morgan fingerprint density at radius 1 is 0.833 bits per heavy atom. The molecule has 0 saturated carbocycles. The molecule has 0 amide bonds. The fourth-order valence-corrected chi connectivity index (χ4v) is 11.4. The highest BCUT2D eigenvalue weighted by Crippen LogP contribution is 2.45. The van der Waals surface area contributed by atoms with E-state index in [0.717, 1.165) is 50.7 Å². The van der Waals surface area contributed by atoms with Crippen molar-refractivity contribution in [3.63, 3.8) is 0 Å². The lowest BCUT2D eigenvalue weighted by Crippen LogP contribution is -2.53. The fourth-order valence-electron chi connectivity index (χ4n) is 7.55. The number of rotatable bonds is 10. The summed E-state index contributed by atoms with van der Waals surface area (Å²) in [6.07, 6.45) is 4.29. The molecule has 3 saturated heterocycles. The van der Waals surface area contributed by atoms with Crippen LogP contribution >= 0.6 is 11.3 Å². The van der Waals surface area contributed by atoms with E-state index in [-0.39, 0.29) is 46.8 Å². The summed E-state index contributed by atoms with van der Waals surface area (Å²) in [7, 11) is -7.95. The first kappa shape index (κ1) is 36.4. The van der Waals surface area contributed by atoms with Gasteiger partial charge in [0.15, 0.2) is 15.8 Å². The zero-order valence-corrected chi connectivity index (χ0v) is 31.3. The standard InChI is InChI=1S/C37H36F3N7O4S3/c38-28-9-5-10-29(39)35(28)54(50,51)45-30-11-4-8-27(32(30)40)33-34(31-14-17-41-36(43-31)42-24-15-18-53(48,49)19-16-24)52-37(44-33)47-25-12-13-26(47)22-46(21-25)20-23-6-2-1-3-7-23/h1-11,14,17,24-26,45H,12-13,15-16,18-22H2,(H,41,42,43). The van der Waals surface area contributed by atoms with Crippen LogP contribution in [-0.2, 0) is 26.4 Å². The Labute approximate surface area is 315 Å². The van der Waals surface area contributed by atoms with Gasteiger partial charge in [-0.2, -0.15) is 0 Å². The van der Waals surface area contributed by atoms with Crippen molar-refractivity contribution in [2.24, 2.45) is 0 Å². The van der Waals surface area contributed by atoms with Gasteiger partial charge in [0.2, 0.25) is 5.95 Å². The molecule has 2 unspecified atom stereocenters. The number of benzene rings is 3.